The monoisotopic (exact) mass is 450 g/mol. The van der Waals surface area contributed by atoms with Gasteiger partial charge in [-0.1, -0.05) is 84.3 Å². The summed E-state index contributed by atoms with van der Waals surface area (Å²) < 4.78 is 16.9. The standard InChI is InChI=1S/C28H50O4/c1-21(2)10-6-11-22(3)12-7-13-23(4)14-8-15-24(5)16-9-17-27(29)32-26-20-31-25-18-19-30-28(25)26/h16,21-23,25-26,28H,6-15,17-20H2,1-5H3/b24-16+. The van der Waals surface area contributed by atoms with Gasteiger partial charge in [-0.2, -0.15) is 0 Å². The average molecular weight is 451 g/mol. The molecule has 2 saturated heterocycles. The second-order valence-electron chi connectivity index (χ2n) is 11.0. The van der Waals surface area contributed by atoms with Gasteiger partial charge in [0.1, 0.15) is 6.10 Å². The highest BCUT2D eigenvalue weighted by Crippen LogP contribution is 2.28. The van der Waals surface area contributed by atoms with Crippen LogP contribution in [0.5, 0.6) is 0 Å². The number of ether oxygens (including phenoxy) is 3. The molecule has 2 rings (SSSR count). The molecular formula is C28H50O4. The van der Waals surface area contributed by atoms with Crippen LogP contribution in [-0.2, 0) is 19.0 Å². The predicted octanol–water partition coefficient (Wildman–Crippen LogP) is 7.25. The lowest BCUT2D eigenvalue weighted by molar-refractivity contribution is -0.153. The van der Waals surface area contributed by atoms with Gasteiger partial charge < -0.3 is 14.2 Å². The van der Waals surface area contributed by atoms with E-state index in [2.05, 4.69) is 40.7 Å². The lowest BCUT2D eigenvalue weighted by Crippen LogP contribution is -2.32. The molecule has 0 N–H and O–H groups in total. The summed E-state index contributed by atoms with van der Waals surface area (Å²) in [4.78, 5) is 12.1. The zero-order valence-electron chi connectivity index (χ0n) is 21.6. The molecular weight excluding hydrogens is 400 g/mol. The predicted molar refractivity (Wildman–Crippen MR) is 132 cm³/mol. The van der Waals surface area contributed by atoms with Crippen molar-refractivity contribution in [2.24, 2.45) is 17.8 Å². The quantitative estimate of drug-likeness (QED) is 0.183. The summed E-state index contributed by atoms with van der Waals surface area (Å²) in [6.45, 7) is 12.9. The number of carbonyl (C=O) groups is 1. The first-order chi connectivity index (χ1) is 15.3. The van der Waals surface area contributed by atoms with Gasteiger partial charge in [0, 0.05) is 13.0 Å². The molecule has 0 aromatic carbocycles. The summed E-state index contributed by atoms with van der Waals surface area (Å²) in [6, 6.07) is 0. The van der Waals surface area contributed by atoms with Crippen LogP contribution in [0.15, 0.2) is 11.6 Å². The molecule has 0 aromatic heterocycles. The molecule has 0 aliphatic carbocycles. The Labute approximate surface area is 197 Å². The van der Waals surface area contributed by atoms with Gasteiger partial charge >= 0.3 is 5.97 Å². The second-order valence-corrected chi connectivity index (χ2v) is 11.0. The number of allylic oxidation sites excluding steroid dienone is 2. The van der Waals surface area contributed by atoms with Crippen LogP contribution in [0, 0.1) is 17.8 Å². The summed E-state index contributed by atoms with van der Waals surface area (Å²) in [7, 11) is 0. The zero-order chi connectivity index (χ0) is 23.3. The third-order valence-electron chi connectivity index (χ3n) is 7.18. The summed E-state index contributed by atoms with van der Waals surface area (Å²) >= 11 is 0. The van der Waals surface area contributed by atoms with E-state index in [4.69, 9.17) is 14.2 Å². The van der Waals surface area contributed by atoms with Gasteiger partial charge in [-0.05, 0) is 50.4 Å². The molecule has 2 aliphatic heterocycles. The molecule has 0 saturated carbocycles. The Morgan fingerprint density at radius 3 is 2.28 bits per heavy atom. The minimum atomic E-state index is -0.218. The van der Waals surface area contributed by atoms with Crippen molar-refractivity contribution in [2.45, 2.75) is 130 Å². The zero-order valence-corrected chi connectivity index (χ0v) is 21.6. The van der Waals surface area contributed by atoms with E-state index in [-0.39, 0.29) is 24.3 Å². The first-order valence-electron chi connectivity index (χ1n) is 13.4. The Morgan fingerprint density at radius 2 is 1.59 bits per heavy atom. The fraction of sp³-hybridized carbons (Fsp3) is 0.893. The van der Waals surface area contributed by atoms with Crippen LogP contribution < -0.4 is 0 Å². The average Bonchev–Trinajstić information content (AvgIpc) is 3.33. The van der Waals surface area contributed by atoms with Gasteiger partial charge in [-0.15, -0.1) is 0 Å². The van der Waals surface area contributed by atoms with Gasteiger partial charge in [-0.25, -0.2) is 0 Å². The number of fused-ring (bicyclic) bond motifs is 1. The van der Waals surface area contributed by atoms with Crippen molar-refractivity contribution in [2.75, 3.05) is 13.2 Å². The maximum absolute atomic E-state index is 12.1. The maximum atomic E-state index is 12.1. The van der Waals surface area contributed by atoms with Crippen molar-refractivity contribution in [3.63, 3.8) is 0 Å². The minimum Gasteiger partial charge on any atom is -0.457 e. The maximum Gasteiger partial charge on any atom is 0.306 e. The molecule has 0 bridgehead atoms. The van der Waals surface area contributed by atoms with Gasteiger partial charge in [0.2, 0.25) is 0 Å². The molecule has 2 aliphatic rings. The Hall–Kier alpha value is -0.870. The molecule has 2 heterocycles. The van der Waals surface area contributed by atoms with E-state index in [1.165, 1.54) is 56.9 Å². The molecule has 0 amide bonds. The third-order valence-corrected chi connectivity index (χ3v) is 7.18. The van der Waals surface area contributed by atoms with Crippen LogP contribution in [0.2, 0.25) is 0 Å². The van der Waals surface area contributed by atoms with E-state index >= 15 is 0 Å². The summed E-state index contributed by atoms with van der Waals surface area (Å²) in [6.07, 6.45) is 16.2. The molecule has 0 aromatic rings. The van der Waals surface area contributed by atoms with Crippen molar-refractivity contribution in [3.05, 3.63) is 11.6 Å². The number of carbonyl (C=O) groups excluding carboxylic acids is 1. The lowest BCUT2D eigenvalue weighted by Gasteiger charge is -2.16. The van der Waals surface area contributed by atoms with Crippen molar-refractivity contribution in [1.29, 1.82) is 0 Å². The van der Waals surface area contributed by atoms with Gasteiger partial charge in [0.25, 0.3) is 0 Å². The Morgan fingerprint density at radius 1 is 0.938 bits per heavy atom. The highest BCUT2D eigenvalue weighted by atomic mass is 16.6. The first-order valence-corrected chi connectivity index (χ1v) is 13.4. The van der Waals surface area contributed by atoms with Gasteiger partial charge in [-0.3, -0.25) is 4.79 Å². The largest absolute Gasteiger partial charge is 0.457 e. The van der Waals surface area contributed by atoms with E-state index in [1.54, 1.807) is 0 Å². The van der Waals surface area contributed by atoms with Crippen LogP contribution in [0.3, 0.4) is 0 Å². The van der Waals surface area contributed by atoms with Crippen molar-refractivity contribution in [3.8, 4) is 0 Å². The van der Waals surface area contributed by atoms with Gasteiger partial charge in [0.15, 0.2) is 6.10 Å². The van der Waals surface area contributed by atoms with E-state index in [9.17, 15) is 4.79 Å². The van der Waals surface area contributed by atoms with Crippen molar-refractivity contribution < 1.29 is 19.0 Å². The van der Waals surface area contributed by atoms with Gasteiger partial charge in [0.05, 0.1) is 12.7 Å². The number of hydrogen-bond donors (Lipinski definition) is 0. The second kappa shape index (κ2) is 15.1. The summed E-state index contributed by atoms with van der Waals surface area (Å²) in [5, 5.41) is 0. The number of rotatable bonds is 16. The fourth-order valence-corrected chi connectivity index (χ4v) is 5.00. The van der Waals surface area contributed by atoms with Crippen LogP contribution in [0.25, 0.3) is 0 Å². The van der Waals surface area contributed by atoms with Crippen molar-refractivity contribution in [1.82, 2.24) is 0 Å². The molecule has 186 valence electrons. The Bertz CT molecular complexity index is 556. The molecule has 2 fully saturated rings. The van der Waals surface area contributed by atoms with Crippen LogP contribution >= 0.6 is 0 Å². The molecule has 0 radical (unpaired) electrons. The molecule has 4 heteroatoms. The fourth-order valence-electron chi connectivity index (χ4n) is 5.00. The molecule has 32 heavy (non-hydrogen) atoms. The van der Waals surface area contributed by atoms with Crippen LogP contribution in [-0.4, -0.2) is 37.5 Å². The smallest absolute Gasteiger partial charge is 0.306 e. The lowest BCUT2D eigenvalue weighted by atomic mass is 9.91. The number of esters is 1. The highest BCUT2D eigenvalue weighted by Gasteiger charge is 2.43. The van der Waals surface area contributed by atoms with E-state index < -0.39 is 0 Å². The topological polar surface area (TPSA) is 44.8 Å². The van der Waals surface area contributed by atoms with E-state index in [0.29, 0.717) is 19.6 Å². The number of hydrogen-bond acceptors (Lipinski definition) is 4. The van der Waals surface area contributed by atoms with E-state index in [1.807, 2.05) is 0 Å². The molecule has 5 atom stereocenters. The van der Waals surface area contributed by atoms with Crippen LogP contribution in [0.1, 0.15) is 112 Å². The summed E-state index contributed by atoms with van der Waals surface area (Å²) in [5.74, 6) is 2.41. The Kier molecular flexibility index (Phi) is 12.9. The SMILES string of the molecule is C/C(=C\CCC(=O)OC1COC2CCOC21)CCCC(C)CCCC(C)CCCC(C)C. The molecule has 4 nitrogen and oxygen atoms in total. The first kappa shape index (κ1) is 27.4. The van der Waals surface area contributed by atoms with E-state index in [0.717, 1.165) is 37.0 Å². The normalized spacial score (nSPS) is 25.2. The Balaban J connectivity index is 1.47. The highest BCUT2D eigenvalue weighted by molar-refractivity contribution is 5.69. The third kappa shape index (κ3) is 10.8. The van der Waals surface area contributed by atoms with Crippen molar-refractivity contribution >= 4 is 5.97 Å². The summed E-state index contributed by atoms with van der Waals surface area (Å²) in [5.41, 5.74) is 1.40. The van der Waals surface area contributed by atoms with Crippen LogP contribution in [0.4, 0.5) is 0 Å². The molecule has 5 unspecified atom stereocenters. The minimum absolute atomic E-state index is 0.0497. The molecule has 0 spiro atoms.